The molecular formula is C23H25N3O3S. The van der Waals surface area contributed by atoms with Gasteiger partial charge < -0.3 is 9.64 Å². The number of thiophene rings is 1. The average Bonchev–Trinajstić information content (AvgIpc) is 3.43. The van der Waals surface area contributed by atoms with Crippen molar-refractivity contribution in [1.82, 2.24) is 14.7 Å². The molecule has 1 amide bonds. The zero-order chi connectivity index (χ0) is 21.1. The third kappa shape index (κ3) is 4.16. The smallest absolute Gasteiger partial charge is 0.309 e. The Bertz CT molecular complexity index is 1030. The Balaban J connectivity index is 1.61. The van der Waals surface area contributed by atoms with Gasteiger partial charge in [0, 0.05) is 13.1 Å². The summed E-state index contributed by atoms with van der Waals surface area (Å²) in [6, 6.07) is 13.8. The molecule has 1 aliphatic heterocycles. The largest absolute Gasteiger partial charge is 0.466 e. The van der Waals surface area contributed by atoms with Crippen molar-refractivity contribution in [3.8, 4) is 16.3 Å². The summed E-state index contributed by atoms with van der Waals surface area (Å²) in [4.78, 5) is 28.3. The predicted octanol–water partition coefficient (Wildman–Crippen LogP) is 4.32. The molecule has 0 aliphatic carbocycles. The Hall–Kier alpha value is -2.93. The molecule has 6 nitrogen and oxygen atoms in total. The summed E-state index contributed by atoms with van der Waals surface area (Å²) in [5.41, 5.74) is 3.30. The predicted molar refractivity (Wildman–Crippen MR) is 117 cm³/mol. The van der Waals surface area contributed by atoms with E-state index in [1.54, 1.807) is 16.0 Å². The molecule has 0 radical (unpaired) electrons. The van der Waals surface area contributed by atoms with Gasteiger partial charge in [-0.05, 0) is 61.9 Å². The van der Waals surface area contributed by atoms with Crippen LogP contribution in [-0.2, 0) is 9.53 Å². The molecule has 3 aromatic rings. The maximum absolute atomic E-state index is 13.4. The van der Waals surface area contributed by atoms with Gasteiger partial charge in [-0.25, -0.2) is 4.68 Å². The van der Waals surface area contributed by atoms with Crippen LogP contribution in [0.3, 0.4) is 0 Å². The van der Waals surface area contributed by atoms with Crippen molar-refractivity contribution in [2.24, 2.45) is 5.92 Å². The summed E-state index contributed by atoms with van der Waals surface area (Å²) >= 11 is 1.60. The molecule has 30 heavy (non-hydrogen) atoms. The fourth-order valence-corrected chi connectivity index (χ4v) is 4.46. The summed E-state index contributed by atoms with van der Waals surface area (Å²) in [6.45, 7) is 5.30. The number of esters is 1. The van der Waals surface area contributed by atoms with Crippen LogP contribution in [-0.4, -0.2) is 46.3 Å². The van der Waals surface area contributed by atoms with E-state index in [9.17, 15) is 9.59 Å². The number of nitrogens with zero attached hydrogens (tertiary/aromatic N) is 3. The average molecular weight is 424 g/mol. The van der Waals surface area contributed by atoms with Gasteiger partial charge in [-0.15, -0.1) is 11.3 Å². The van der Waals surface area contributed by atoms with Gasteiger partial charge in [-0.3, -0.25) is 9.59 Å². The highest BCUT2D eigenvalue weighted by molar-refractivity contribution is 7.13. The second kappa shape index (κ2) is 8.83. The van der Waals surface area contributed by atoms with Crippen LogP contribution in [0.1, 0.15) is 35.8 Å². The van der Waals surface area contributed by atoms with Gasteiger partial charge in [0.1, 0.15) is 11.4 Å². The topological polar surface area (TPSA) is 64.4 Å². The van der Waals surface area contributed by atoms with E-state index in [0.717, 1.165) is 21.8 Å². The quantitative estimate of drug-likeness (QED) is 0.573. The third-order valence-electron chi connectivity index (χ3n) is 5.35. The highest BCUT2D eigenvalue weighted by Crippen LogP contribution is 2.28. The lowest BCUT2D eigenvalue weighted by molar-refractivity contribution is -0.149. The first-order chi connectivity index (χ1) is 14.6. The van der Waals surface area contributed by atoms with Gasteiger partial charge in [-0.2, -0.15) is 5.10 Å². The van der Waals surface area contributed by atoms with E-state index < -0.39 is 0 Å². The highest BCUT2D eigenvalue weighted by Gasteiger charge is 2.30. The molecular weight excluding hydrogens is 398 g/mol. The van der Waals surface area contributed by atoms with Crippen LogP contribution < -0.4 is 0 Å². The zero-order valence-corrected chi connectivity index (χ0v) is 18.0. The maximum atomic E-state index is 13.4. The van der Waals surface area contributed by atoms with Crippen molar-refractivity contribution in [1.29, 1.82) is 0 Å². The molecule has 1 saturated heterocycles. The summed E-state index contributed by atoms with van der Waals surface area (Å²) in [5.74, 6) is -0.346. The fraction of sp³-hybridized carbons (Fsp3) is 0.348. The van der Waals surface area contributed by atoms with Crippen LogP contribution in [0.15, 0.2) is 47.8 Å². The minimum atomic E-state index is -0.158. The van der Waals surface area contributed by atoms with E-state index >= 15 is 0 Å². The molecule has 156 valence electrons. The number of benzene rings is 1. The van der Waals surface area contributed by atoms with Crippen LogP contribution in [0.25, 0.3) is 16.3 Å². The SMILES string of the molecule is CCOC(=O)C1CCN(C(=O)c2cc(-c3cccs3)nn2-c2cccc(C)c2)CC1. The van der Waals surface area contributed by atoms with Crippen LogP contribution in [0.4, 0.5) is 0 Å². The minimum Gasteiger partial charge on any atom is -0.466 e. The molecule has 1 fully saturated rings. The van der Waals surface area contributed by atoms with E-state index in [4.69, 9.17) is 9.84 Å². The van der Waals surface area contributed by atoms with Gasteiger partial charge in [0.25, 0.3) is 5.91 Å². The van der Waals surface area contributed by atoms with Gasteiger partial charge in [-0.1, -0.05) is 18.2 Å². The number of likely N-dealkylation sites (tertiary alicyclic amines) is 1. The zero-order valence-electron chi connectivity index (χ0n) is 17.2. The Labute approximate surface area is 180 Å². The van der Waals surface area contributed by atoms with Crippen LogP contribution in [0, 0.1) is 12.8 Å². The van der Waals surface area contributed by atoms with E-state index in [-0.39, 0.29) is 17.8 Å². The first-order valence-corrected chi connectivity index (χ1v) is 11.1. The van der Waals surface area contributed by atoms with Crippen molar-refractivity contribution >= 4 is 23.2 Å². The first-order valence-electron chi connectivity index (χ1n) is 10.2. The molecule has 2 aromatic heterocycles. The molecule has 0 bridgehead atoms. The molecule has 7 heteroatoms. The van der Waals surface area contributed by atoms with Crippen molar-refractivity contribution in [2.75, 3.05) is 19.7 Å². The summed E-state index contributed by atoms with van der Waals surface area (Å²) in [6.07, 6.45) is 1.25. The highest BCUT2D eigenvalue weighted by atomic mass is 32.1. The number of piperidine rings is 1. The number of rotatable bonds is 5. The summed E-state index contributed by atoms with van der Waals surface area (Å²) in [7, 11) is 0. The number of aryl methyl sites for hydroxylation is 1. The Morgan fingerprint density at radius 3 is 2.63 bits per heavy atom. The molecule has 0 spiro atoms. The van der Waals surface area contributed by atoms with E-state index in [1.165, 1.54) is 0 Å². The van der Waals surface area contributed by atoms with E-state index in [0.29, 0.717) is 38.2 Å². The monoisotopic (exact) mass is 423 g/mol. The molecule has 1 aromatic carbocycles. The van der Waals surface area contributed by atoms with Gasteiger partial charge in [0.05, 0.1) is 23.1 Å². The van der Waals surface area contributed by atoms with Crippen LogP contribution in [0.2, 0.25) is 0 Å². The first kappa shape index (κ1) is 20.3. The van der Waals surface area contributed by atoms with Crippen LogP contribution >= 0.6 is 11.3 Å². The summed E-state index contributed by atoms with van der Waals surface area (Å²) in [5, 5.41) is 6.76. The molecule has 0 N–H and O–H groups in total. The lowest BCUT2D eigenvalue weighted by Gasteiger charge is -2.30. The normalized spacial score (nSPS) is 14.7. The number of aromatic nitrogens is 2. The Morgan fingerprint density at radius 1 is 1.17 bits per heavy atom. The number of amides is 1. The van der Waals surface area contributed by atoms with Gasteiger partial charge >= 0.3 is 5.97 Å². The standard InChI is InChI=1S/C23H25N3O3S/c1-3-29-23(28)17-9-11-25(12-10-17)22(27)20-15-19(21-8-5-13-30-21)24-26(20)18-7-4-6-16(2)14-18/h4-8,13-15,17H,3,9-12H2,1-2H3. The molecule has 0 saturated carbocycles. The third-order valence-corrected chi connectivity index (χ3v) is 6.24. The molecule has 4 rings (SSSR count). The van der Waals surface area contributed by atoms with E-state index in [2.05, 4.69) is 0 Å². The second-order valence-electron chi connectivity index (χ2n) is 7.46. The van der Waals surface area contributed by atoms with Crippen LogP contribution in [0.5, 0.6) is 0 Å². The van der Waals surface area contributed by atoms with Gasteiger partial charge in [0.15, 0.2) is 0 Å². The lowest BCUT2D eigenvalue weighted by Crippen LogP contribution is -2.41. The number of carbonyl (C=O) groups is 2. The molecule has 0 atom stereocenters. The van der Waals surface area contributed by atoms with E-state index in [1.807, 2.05) is 66.6 Å². The summed E-state index contributed by atoms with van der Waals surface area (Å²) < 4.78 is 6.88. The maximum Gasteiger partial charge on any atom is 0.309 e. The number of carbonyl (C=O) groups excluding carboxylic acids is 2. The van der Waals surface area contributed by atoms with Crippen molar-refractivity contribution in [2.45, 2.75) is 26.7 Å². The number of hydrogen-bond donors (Lipinski definition) is 0. The Morgan fingerprint density at radius 2 is 1.97 bits per heavy atom. The van der Waals surface area contributed by atoms with Gasteiger partial charge in [0.2, 0.25) is 0 Å². The van der Waals surface area contributed by atoms with Crippen molar-refractivity contribution in [3.05, 3.63) is 59.1 Å². The second-order valence-corrected chi connectivity index (χ2v) is 8.41. The number of hydrogen-bond acceptors (Lipinski definition) is 5. The molecule has 1 aliphatic rings. The fourth-order valence-electron chi connectivity index (χ4n) is 3.78. The molecule has 0 unspecified atom stereocenters. The Kier molecular flexibility index (Phi) is 5.99. The number of ether oxygens (including phenoxy) is 1. The minimum absolute atomic E-state index is 0.0610. The van der Waals surface area contributed by atoms with Crippen molar-refractivity contribution in [3.63, 3.8) is 0 Å². The lowest BCUT2D eigenvalue weighted by atomic mass is 9.97. The van der Waals surface area contributed by atoms with Crippen molar-refractivity contribution < 1.29 is 14.3 Å². The molecule has 3 heterocycles.